The molecule has 0 aromatic heterocycles. The first-order valence-electron chi connectivity index (χ1n) is 5.01. The lowest BCUT2D eigenvalue weighted by Gasteiger charge is -2.22. The molecule has 0 spiro atoms. The molecule has 1 aliphatic heterocycles. The van der Waals surface area contributed by atoms with Crippen LogP contribution in [0.25, 0.3) is 0 Å². The van der Waals surface area contributed by atoms with E-state index >= 15 is 0 Å². The smallest absolute Gasteiger partial charge is 0.328 e. The van der Waals surface area contributed by atoms with E-state index in [1.54, 1.807) is 6.92 Å². The molecule has 3 N–H and O–H groups in total. The molecule has 1 heterocycles. The van der Waals surface area contributed by atoms with Crippen LogP contribution >= 0.6 is 0 Å². The normalized spacial score (nSPS) is 22.3. The molecule has 1 unspecified atom stereocenters. The van der Waals surface area contributed by atoms with Crippen LogP contribution in [-0.4, -0.2) is 36.1 Å². The Morgan fingerprint density at radius 1 is 1.73 bits per heavy atom. The number of carbonyl (C=O) groups excluding carboxylic acids is 1. The van der Waals surface area contributed by atoms with Gasteiger partial charge in [-0.1, -0.05) is 5.57 Å². The number of hydrogen-bond acceptors (Lipinski definition) is 3. The molecule has 0 saturated carbocycles. The van der Waals surface area contributed by atoms with Crippen LogP contribution in [0.5, 0.6) is 0 Å². The third-order valence-electron chi connectivity index (χ3n) is 2.28. The van der Waals surface area contributed by atoms with E-state index in [4.69, 9.17) is 5.11 Å². The average molecular weight is 212 g/mol. The summed E-state index contributed by atoms with van der Waals surface area (Å²) in [4.78, 5) is 21.7. The second-order valence-corrected chi connectivity index (χ2v) is 3.70. The maximum atomic E-state index is 11.3. The summed E-state index contributed by atoms with van der Waals surface area (Å²) in [6.45, 7) is 2.90. The van der Waals surface area contributed by atoms with E-state index in [-0.39, 0.29) is 11.9 Å². The van der Waals surface area contributed by atoms with E-state index in [0.29, 0.717) is 12.1 Å². The molecule has 84 valence electrons. The highest BCUT2D eigenvalue weighted by atomic mass is 16.4. The molecule has 15 heavy (non-hydrogen) atoms. The van der Waals surface area contributed by atoms with Crippen molar-refractivity contribution in [3.63, 3.8) is 0 Å². The first kappa shape index (κ1) is 11.7. The minimum Gasteiger partial charge on any atom is -0.478 e. The molecular formula is C10H16N2O3. The third kappa shape index (κ3) is 4.12. The van der Waals surface area contributed by atoms with Gasteiger partial charge in [0.15, 0.2) is 0 Å². The number of carboxylic acid groups (broad SMARTS) is 1. The SMILES string of the molecule is CC(=CC(=O)O)CNC1CCCNC1=O. The Kier molecular flexibility index (Phi) is 4.30. The van der Waals surface area contributed by atoms with Crippen LogP contribution in [0.1, 0.15) is 19.8 Å². The molecule has 5 nitrogen and oxygen atoms in total. The zero-order chi connectivity index (χ0) is 11.3. The van der Waals surface area contributed by atoms with Gasteiger partial charge in [0, 0.05) is 19.2 Å². The van der Waals surface area contributed by atoms with E-state index in [2.05, 4.69) is 10.6 Å². The fourth-order valence-electron chi connectivity index (χ4n) is 1.51. The third-order valence-corrected chi connectivity index (χ3v) is 2.28. The van der Waals surface area contributed by atoms with Crippen molar-refractivity contribution in [3.05, 3.63) is 11.6 Å². The Balaban J connectivity index is 2.35. The summed E-state index contributed by atoms with van der Waals surface area (Å²) in [5.41, 5.74) is 0.709. The molecule has 1 amide bonds. The molecule has 0 aromatic rings. The number of carboxylic acids is 1. The van der Waals surface area contributed by atoms with Gasteiger partial charge in [-0.05, 0) is 19.8 Å². The van der Waals surface area contributed by atoms with Crippen LogP contribution in [0.4, 0.5) is 0 Å². The number of piperidine rings is 1. The van der Waals surface area contributed by atoms with Gasteiger partial charge >= 0.3 is 5.97 Å². The van der Waals surface area contributed by atoms with Crippen LogP contribution < -0.4 is 10.6 Å². The van der Waals surface area contributed by atoms with E-state index in [9.17, 15) is 9.59 Å². The van der Waals surface area contributed by atoms with Gasteiger partial charge in [0.1, 0.15) is 0 Å². The minimum absolute atomic E-state index is 0.00405. The Hall–Kier alpha value is -1.36. The van der Waals surface area contributed by atoms with Gasteiger partial charge in [0.05, 0.1) is 6.04 Å². The maximum Gasteiger partial charge on any atom is 0.328 e. The molecule has 0 aromatic carbocycles. The fraction of sp³-hybridized carbons (Fsp3) is 0.600. The summed E-state index contributed by atoms with van der Waals surface area (Å²) in [5, 5.41) is 14.3. The molecule has 1 saturated heterocycles. The summed E-state index contributed by atoms with van der Waals surface area (Å²) < 4.78 is 0. The lowest BCUT2D eigenvalue weighted by atomic mass is 10.1. The van der Waals surface area contributed by atoms with E-state index in [1.165, 1.54) is 0 Å². The van der Waals surface area contributed by atoms with Crippen molar-refractivity contribution in [3.8, 4) is 0 Å². The van der Waals surface area contributed by atoms with E-state index in [0.717, 1.165) is 25.5 Å². The van der Waals surface area contributed by atoms with Crippen molar-refractivity contribution >= 4 is 11.9 Å². The van der Waals surface area contributed by atoms with Crippen LogP contribution in [0.2, 0.25) is 0 Å². The Labute approximate surface area is 88.5 Å². The van der Waals surface area contributed by atoms with Gasteiger partial charge in [0.25, 0.3) is 0 Å². The average Bonchev–Trinajstić information content (AvgIpc) is 2.15. The van der Waals surface area contributed by atoms with Gasteiger partial charge in [-0.3, -0.25) is 4.79 Å². The maximum absolute atomic E-state index is 11.3. The monoisotopic (exact) mass is 212 g/mol. The van der Waals surface area contributed by atoms with Gasteiger partial charge in [-0.25, -0.2) is 4.79 Å². The molecule has 0 aliphatic carbocycles. The quantitative estimate of drug-likeness (QED) is 0.568. The predicted molar refractivity (Wildman–Crippen MR) is 55.4 cm³/mol. The summed E-state index contributed by atoms with van der Waals surface area (Å²) >= 11 is 0. The van der Waals surface area contributed by atoms with Gasteiger partial charge in [-0.15, -0.1) is 0 Å². The number of aliphatic carboxylic acids is 1. The van der Waals surface area contributed by atoms with Crippen molar-refractivity contribution in [1.82, 2.24) is 10.6 Å². The van der Waals surface area contributed by atoms with Crippen molar-refractivity contribution < 1.29 is 14.7 Å². The molecule has 5 heteroatoms. The lowest BCUT2D eigenvalue weighted by molar-refractivity contribution is -0.131. The van der Waals surface area contributed by atoms with Crippen molar-refractivity contribution in [1.29, 1.82) is 0 Å². The highest BCUT2D eigenvalue weighted by Crippen LogP contribution is 2.03. The molecule has 0 bridgehead atoms. The number of carbonyl (C=O) groups is 2. The van der Waals surface area contributed by atoms with E-state index in [1.807, 2.05) is 0 Å². The van der Waals surface area contributed by atoms with Crippen molar-refractivity contribution in [2.24, 2.45) is 0 Å². The Morgan fingerprint density at radius 2 is 2.47 bits per heavy atom. The molecule has 1 aliphatic rings. The Morgan fingerprint density at radius 3 is 3.07 bits per heavy atom. The minimum atomic E-state index is -0.956. The number of hydrogen-bond donors (Lipinski definition) is 3. The number of rotatable bonds is 4. The Bertz CT molecular complexity index is 286. The topological polar surface area (TPSA) is 78.4 Å². The van der Waals surface area contributed by atoms with Crippen LogP contribution in [0.15, 0.2) is 11.6 Å². The second kappa shape index (κ2) is 5.50. The van der Waals surface area contributed by atoms with Crippen molar-refractivity contribution in [2.45, 2.75) is 25.8 Å². The molecule has 1 rings (SSSR count). The number of amides is 1. The highest BCUT2D eigenvalue weighted by Gasteiger charge is 2.20. The lowest BCUT2D eigenvalue weighted by Crippen LogP contribution is -2.48. The molecule has 0 radical (unpaired) electrons. The van der Waals surface area contributed by atoms with Crippen molar-refractivity contribution in [2.75, 3.05) is 13.1 Å². The van der Waals surface area contributed by atoms with Crippen LogP contribution in [0, 0.1) is 0 Å². The van der Waals surface area contributed by atoms with Gasteiger partial charge in [-0.2, -0.15) is 0 Å². The largest absolute Gasteiger partial charge is 0.478 e. The predicted octanol–water partition coefficient (Wildman–Crippen LogP) is -0.114. The zero-order valence-corrected chi connectivity index (χ0v) is 8.75. The summed E-state index contributed by atoms with van der Waals surface area (Å²) in [6.07, 6.45) is 2.92. The number of nitrogens with one attached hydrogen (secondary N) is 2. The molecule has 1 fully saturated rings. The first-order chi connectivity index (χ1) is 7.09. The fourth-order valence-corrected chi connectivity index (χ4v) is 1.51. The standard InChI is InChI=1S/C10H16N2O3/c1-7(5-9(13)14)6-12-8-3-2-4-11-10(8)15/h5,8,12H,2-4,6H2,1H3,(H,11,15)(H,13,14). The highest BCUT2D eigenvalue weighted by molar-refractivity contribution is 5.82. The van der Waals surface area contributed by atoms with Gasteiger partial charge < -0.3 is 15.7 Å². The summed E-state index contributed by atoms with van der Waals surface area (Å²) in [6, 6.07) is -0.184. The summed E-state index contributed by atoms with van der Waals surface area (Å²) in [7, 11) is 0. The van der Waals surface area contributed by atoms with Crippen LogP contribution in [-0.2, 0) is 9.59 Å². The zero-order valence-electron chi connectivity index (χ0n) is 8.75. The molecule has 1 atom stereocenters. The second-order valence-electron chi connectivity index (χ2n) is 3.70. The molecular weight excluding hydrogens is 196 g/mol. The van der Waals surface area contributed by atoms with Crippen LogP contribution in [0.3, 0.4) is 0 Å². The first-order valence-corrected chi connectivity index (χ1v) is 5.01. The van der Waals surface area contributed by atoms with Gasteiger partial charge in [0.2, 0.25) is 5.91 Å². The summed E-state index contributed by atoms with van der Waals surface area (Å²) in [5.74, 6) is -0.952. The van der Waals surface area contributed by atoms with E-state index < -0.39 is 5.97 Å².